The van der Waals surface area contributed by atoms with Gasteiger partial charge in [0.15, 0.2) is 11.5 Å². The fourth-order valence-electron chi connectivity index (χ4n) is 7.52. The summed E-state index contributed by atoms with van der Waals surface area (Å²) < 4.78 is 17.3. The lowest BCUT2D eigenvalue weighted by Gasteiger charge is -2.29. The molecule has 4 atom stereocenters. The van der Waals surface area contributed by atoms with Crippen LogP contribution in [0.3, 0.4) is 0 Å². The molecular weight excluding hydrogens is 620 g/mol. The van der Waals surface area contributed by atoms with Gasteiger partial charge in [-0.15, -0.1) is 0 Å². The van der Waals surface area contributed by atoms with Crippen molar-refractivity contribution in [1.82, 2.24) is 15.6 Å². The number of anilines is 1. The number of benzene rings is 2. The zero-order chi connectivity index (χ0) is 34.8. The number of methoxy groups -OCH3 is 3. The zero-order valence-electron chi connectivity index (χ0n) is 29.1. The molecule has 2 aliphatic rings. The van der Waals surface area contributed by atoms with E-state index in [9.17, 15) is 14.4 Å². The monoisotopic (exact) mass is 666 g/mol. The summed E-state index contributed by atoms with van der Waals surface area (Å²) >= 11 is 0. The summed E-state index contributed by atoms with van der Waals surface area (Å²) in [7, 11) is 4.70. The lowest BCUT2D eigenvalue weighted by atomic mass is 9.90. The quantitative estimate of drug-likeness (QED) is 0.155. The Morgan fingerprint density at radius 3 is 2.43 bits per heavy atom. The maximum absolute atomic E-state index is 14.1. The molecule has 0 spiro atoms. The molecule has 2 aliphatic carbocycles. The first-order valence-corrected chi connectivity index (χ1v) is 17.1. The summed E-state index contributed by atoms with van der Waals surface area (Å²) in [6, 6.07) is 14.1. The number of aryl methyl sites for hydroxylation is 2. The van der Waals surface area contributed by atoms with Gasteiger partial charge in [0, 0.05) is 29.1 Å². The van der Waals surface area contributed by atoms with Crippen LogP contribution in [0.2, 0.25) is 0 Å². The standard InChI is InChI=1S/C39H46N4O6/c1-7-21(2)35(39(46)43-31-14-10-12-26-24-11-8-9-13-28(24)41-36(26)31)42-30-18-16-25-27(20-32(30)45)29(40-22(3)44)17-15-23-19-33(47-4)37(48-5)38(49-6)34(23)25/h8-9,11,13,16,18-21,29,31,35,41H,7,10,12,14-15,17H2,1-6H3,(H,40,44)(H,42,45)(H,43,46)/t21-,29+,31?,35+/m0/s1. The van der Waals surface area contributed by atoms with Crippen LogP contribution in [0.1, 0.15) is 80.9 Å². The van der Waals surface area contributed by atoms with Gasteiger partial charge in [-0.2, -0.15) is 0 Å². The Hall–Kier alpha value is -4.99. The number of para-hydroxylation sites is 1. The maximum atomic E-state index is 14.1. The molecule has 1 heterocycles. The summed E-state index contributed by atoms with van der Waals surface area (Å²) in [5.41, 5.74) is 6.52. The molecular formula is C39H46N4O6. The molecule has 4 aromatic rings. The molecule has 0 saturated heterocycles. The van der Waals surface area contributed by atoms with E-state index in [1.807, 2.05) is 38.1 Å². The number of aromatic nitrogens is 1. The highest BCUT2D eigenvalue weighted by atomic mass is 16.5. The first-order chi connectivity index (χ1) is 23.7. The van der Waals surface area contributed by atoms with E-state index in [1.165, 1.54) is 17.9 Å². The Morgan fingerprint density at radius 2 is 1.71 bits per heavy atom. The highest BCUT2D eigenvalue weighted by Gasteiger charge is 2.32. The highest BCUT2D eigenvalue weighted by molar-refractivity contribution is 5.88. The molecule has 0 saturated carbocycles. The maximum Gasteiger partial charge on any atom is 0.243 e. The minimum atomic E-state index is -0.660. The molecule has 1 unspecified atom stereocenters. The van der Waals surface area contributed by atoms with Crippen LogP contribution in [0, 0.1) is 5.92 Å². The van der Waals surface area contributed by atoms with Crippen molar-refractivity contribution in [3.05, 3.63) is 81.1 Å². The average molecular weight is 667 g/mol. The molecule has 2 amide bonds. The van der Waals surface area contributed by atoms with Crippen LogP contribution in [0.4, 0.5) is 5.69 Å². The van der Waals surface area contributed by atoms with Gasteiger partial charge in [-0.1, -0.05) is 44.5 Å². The fourth-order valence-corrected chi connectivity index (χ4v) is 7.52. The van der Waals surface area contributed by atoms with Crippen molar-refractivity contribution in [3.63, 3.8) is 0 Å². The van der Waals surface area contributed by atoms with Gasteiger partial charge >= 0.3 is 0 Å². The fraction of sp³-hybridized carbons (Fsp3) is 0.410. The average Bonchev–Trinajstić information content (AvgIpc) is 3.33. The van der Waals surface area contributed by atoms with E-state index in [0.717, 1.165) is 53.6 Å². The molecule has 1 aromatic heterocycles. The van der Waals surface area contributed by atoms with E-state index in [0.29, 0.717) is 41.3 Å². The van der Waals surface area contributed by atoms with Crippen molar-refractivity contribution in [3.8, 4) is 28.4 Å². The van der Waals surface area contributed by atoms with E-state index < -0.39 is 12.1 Å². The van der Waals surface area contributed by atoms with Gasteiger partial charge in [0.25, 0.3) is 0 Å². The van der Waals surface area contributed by atoms with Crippen LogP contribution in [0.5, 0.6) is 17.2 Å². The Labute approximate surface area is 286 Å². The molecule has 0 aliphatic heterocycles. The number of amides is 2. The second-order valence-corrected chi connectivity index (χ2v) is 13.1. The number of nitrogens with one attached hydrogen (secondary N) is 4. The zero-order valence-corrected chi connectivity index (χ0v) is 29.1. The Balaban J connectivity index is 1.40. The van der Waals surface area contributed by atoms with Crippen molar-refractivity contribution in [2.45, 2.75) is 77.4 Å². The molecule has 4 N–H and O–H groups in total. The minimum absolute atomic E-state index is 0.0711. The molecule has 10 heteroatoms. The van der Waals surface area contributed by atoms with E-state index in [2.05, 4.69) is 33.1 Å². The van der Waals surface area contributed by atoms with Crippen molar-refractivity contribution >= 4 is 28.4 Å². The van der Waals surface area contributed by atoms with Crippen molar-refractivity contribution in [2.75, 3.05) is 26.6 Å². The van der Waals surface area contributed by atoms with E-state index in [-0.39, 0.29) is 29.2 Å². The van der Waals surface area contributed by atoms with Gasteiger partial charge in [0.05, 0.1) is 39.1 Å². The van der Waals surface area contributed by atoms with Gasteiger partial charge < -0.3 is 35.1 Å². The number of carbonyl (C=O) groups is 2. The van der Waals surface area contributed by atoms with Crippen LogP contribution in [0.25, 0.3) is 22.0 Å². The van der Waals surface area contributed by atoms with Crippen LogP contribution in [-0.2, 0) is 22.4 Å². The Bertz CT molecular complexity index is 1950. The second-order valence-electron chi connectivity index (χ2n) is 13.1. The number of fused-ring (bicyclic) bond motifs is 6. The van der Waals surface area contributed by atoms with Gasteiger partial charge in [-0.25, -0.2) is 0 Å². The van der Waals surface area contributed by atoms with Crippen molar-refractivity contribution < 1.29 is 23.8 Å². The Kier molecular flexibility index (Phi) is 9.85. The van der Waals surface area contributed by atoms with Gasteiger partial charge in [0.2, 0.25) is 23.0 Å². The summed E-state index contributed by atoms with van der Waals surface area (Å²) in [6.45, 7) is 5.53. The topological polar surface area (TPSA) is 131 Å². The number of carbonyl (C=O) groups excluding carboxylic acids is 2. The first-order valence-electron chi connectivity index (χ1n) is 17.1. The summed E-state index contributed by atoms with van der Waals surface area (Å²) in [4.78, 5) is 44.1. The second kappa shape index (κ2) is 14.2. The number of rotatable bonds is 10. The third kappa shape index (κ3) is 6.44. The lowest BCUT2D eigenvalue weighted by molar-refractivity contribution is -0.123. The number of hydrogen-bond acceptors (Lipinski definition) is 7. The molecule has 49 heavy (non-hydrogen) atoms. The van der Waals surface area contributed by atoms with E-state index in [4.69, 9.17) is 14.2 Å². The van der Waals surface area contributed by atoms with Crippen molar-refractivity contribution in [2.24, 2.45) is 5.92 Å². The van der Waals surface area contributed by atoms with Crippen LogP contribution in [0.15, 0.2) is 53.3 Å². The molecule has 3 aromatic carbocycles. The van der Waals surface area contributed by atoms with Gasteiger partial charge in [-0.05, 0) is 84.5 Å². The van der Waals surface area contributed by atoms with Gasteiger partial charge in [0.1, 0.15) is 6.04 Å². The molecule has 0 radical (unpaired) electrons. The minimum Gasteiger partial charge on any atom is -0.493 e. The van der Waals surface area contributed by atoms with Crippen molar-refractivity contribution in [1.29, 1.82) is 0 Å². The predicted octanol–water partition coefficient (Wildman–Crippen LogP) is 6.36. The highest BCUT2D eigenvalue weighted by Crippen LogP contribution is 2.50. The van der Waals surface area contributed by atoms with E-state index >= 15 is 0 Å². The summed E-state index contributed by atoms with van der Waals surface area (Å²) in [5.74, 6) is 1.03. The SMILES string of the molecule is CC[C@H](C)[C@@H](Nc1ccc2c(cc1=O)[C@H](NC(C)=O)CCc1cc(OC)c(OC)c(OC)c1-2)C(=O)NC1CCCc2c1[nH]c1ccccc21. The smallest absolute Gasteiger partial charge is 0.243 e. The lowest BCUT2D eigenvalue weighted by Crippen LogP contribution is -2.46. The number of H-pyrrole nitrogens is 1. The third-order valence-corrected chi connectivity index (χ3v) is 10.2. The number of ether oxygens (including phenoxy) is 3. The molecule has 258 valence electrons. The van der Waals surface area contributed by atoms with Crippen LogP contribution >= 0.6 is 0 Å². The van der Waals surface area contributed by atoms with Gasteiger partial charge in [-0.3, -0.25) is 14.4 Å². The molecule has 6 rings (SSSR count). The van der Waals surface area contributed by atoms with Crippen LogP contribution in [-0.4, -0.2) is 44.2 Å². The number of hydrogen-bond donors (Lipinski definition) is 4. The Morgan fingerprint density at radius 1 is 0.939 bits per heavy atom. The number of aromatic amines is 1. The molecule has 0 bridgehead atoms. The largest absolute Gasteiger partial charge is 0.493 e. The third-order valence-electron chi connectivity index (χ3n) is 10.2. The molecule has 0 fully saturated rings. The molecule has 10 nitrogen and oxygen atoms in total. The summed E-state index contributed by atoms with van der Waals surface area (Å²) in [5, 5.41) is 10.9. The normalized spacial score (nSPS) is 17.8. The van der Waals surface area contributed by atoms with E-state index in [1.54, 1.807) is 33.5 Å². The summed E-state index contributed by atoms with van der Waals surface area (Å²) in [6.07, 6.45) is 4.66. The van der Waals surface area contributed by atoms with Crippen LogP contribution < -0.4 is 35.6 Å². The predicted molar refractivity (Wildman–Crippen MR) is 192 cm³/mol. The first kappa shape index (κ1) is 33.9.